The van der Waals surface area contributed by atoms with Crippen LogP contribution in [0.4, 0.5) is 19.0 Å². The van der Waals surface area contributed by atoms with Crippen molar-refractivity contribution in [2.24, 2.45) is 0 Å². The van der Waals surface area contributed by atoms with Gasteiger partial charge in [0.25, 0.3) is 5.91 Å². The van der Waals surface area contributed by atoms with E-state index in [1.807, 2.05) is 0 Å². The van der Waals surface area contributed by atoms with Crippen LogP contribution in [0.3, 0.4) is 0 Å². The number of aromatic nitrogens is 2. The molecule has 150 valence electrons. The number of amides is 1. The van der Waals surface area contributed by atoms with E-state index in [2.05, 4.69) is 26.3 Å². The molecule has 1 amide bonds. The van der Waals surface area contributed by atoms with Crippen molar-refractivity contribution in [3.8, 4) is 5.69 Å². The second kappa shape index (κ2) is 7.88. The van der Waals surface area contributed by atoms with Gasteiger partial charge in [-0.2, -0.15) is 18.3 Å². The number of carbonyl (C=O) groups is 2. The first kappa shape index (κ1) is 20.9. The Hall–Kier alpha value is -2.85. The third-order valence-corrected chi connectivity index (χ3v) is 4.88. The molecule has 0 fully saturated rings. The van der Waals surface area contributed by atoms with E-state index in [4.69, 9.17) is 11.6 Å². The summed E-state index contributed by atoms with van der Waals surface area (Å²) in [5.41, 5.74) is -1.45. The average molecular weight is 489 g/mol. The van der Waals surface area contributed by atoms with Gasteiger partial charge in [-0.1, -0.05) is 29.8 Å². The molecule has 1 heterocycles. The van der Waals surface area contributed by atoms with E-state index in [1.54, 1.807) is 12.1 Å². The highest BCUT2D eigenvalue weighted by Crippen LogP contribution is 2.34. The Balaban J connectivity index is 2.12. The molecular formula is C18H10BrClF3N3O3. The molecule has 0 aliphatic carbocycles. The van der Waals surface area contributed by atoms with E-state index in [0.29, 0.717) is 0 Å². The maximum atomic E-state index is 13.1. The van der Waals surface area contributed by atoms with Gasteiger partial charge in [-0.15, -0.1) is 0 Å². The van der Waals surface area contributed by atoms with Crippen LogP contribution in [0.25, 0.3) is 5.69 Å². The van der Waals surface area contributed by atoms with Crippen LogP contribution in [0.5, 0.6) is 0 Å². The standard InChI is InChI=1S/C18H10BrClF3N3O3/c19-13-14(17(28)29)25-26(10-5-3-4-9(8-10)18(21,22)23)15(13)24-16(27)11-6-1-2-7-12(11)20/h1-8H,(H,24,27)(H,28,29). The fourth-order valence-corrected chi connectivity index (χ4v) is 3.20. The van der Waals surface area contributed by atoms with E-state index >= 15 is 0 Å². The number of hydrogen-bond donors (Lipinski definition) is 2. The fourth-order valence-electron chi connectivity index (χ4n) is 2.46. The molecular weight excluding hydrogens is 479 g/mol. The van der Waals surface area contributed by atoms with Crippen LogP contribution in [0, 0.1) is 0 Å². The number of carboxylic acids is 1. The Morgan fingerprint density at radius 3 is 2.45 bits per heavy atom. The van der Waals surface area contributed by atoms with Crippen LogP contribution < -0.4 is 5.32 Å². The van der Waals surface area contributed by atoms with Crippen molar-refractivity contribution >= 4 is 45.2 Å². The quantitative estimate of drug-likeness (QED) is 0.525. The lowest BCUT2D eigenvalue weighted by Crippen LogP contribution is -2.16. The molecule has 3 aromatic rings. The first-order valence-electron chi connectivity index (χ1n) is 7.85. The third kappa shape index (κ3) is 4.28. The van der Waals surface area contributed by atoms with Gasteiger partial charge in [0, 0.05) is 0 Å². The highest BCUT2D eigenvalue weighted by Gasteiger charge is 2.31. The Bertz CT molecular complexity index is 1120. The maximum absolute atomic E-state index is 13.1. The van der Waals surface area contributed by atoms with Crippen molar-refractivity contribution in [1.82, 2.24) is 9.78 Å². The monoisotopic (exact) mass is 487 g/mol. The summed E-state index contributed by atoms with van der Waals surface area (Å²) in [4.78, 5) is 24.0. The molecule has 2 N–H and O–H groups in total. The minimum absolute atomic E-state index is 0.0923. The van der Waals surface area contributed by atoms with Crippen molar-refractivity contribution in [2.75, 3.05) is 5.32 Å². The summed E-state index contributed by atoms with van der Waals surface area (Å²) in [6.45, 7) is 0. The van der Waals surface area contributed by atoms with Crippen LogP contribution in [-0.4, -0.2) is 26.8 Å². The Labute approximate surface area is 175 Å². The van der Waals surface area contributed by atoms with Gasteiger partial charge in [-0.05, 0) is 46.3 Å². The zero-order valence-electron chi connectivity index (χ0n) is 14.2. The number of nitrogens with zero attached hydrogens (tertiary/aromatic N) is 2. The first-order valence-corrected chi connectivity index (χ1v) is 9.02. The molecule has 0 spiro atoms. The molecule has 6 nitrogen and oxygen atoms in total. The Morgan fingerprint density at radius 2 is 1.83 bits per heavy atom. The van der Waals surface area contributed by atoms with Crippen LogP contribution >= 0.6 is 27.5 Å². The molecule has 0 atom stereocenters. The van der Waals surface area contributed by atoms with Gasteiger partial charge in [0.15, 0.2) is 11.5 Å². The van der Waals surface area contributed by atoms with Gasteiger partial charge in [0.05, 0.1) is 26.3 Å². The van der Waals surface area contributed by atoms with Gasteiger partial charge in [0.2, 0.25) is 0 Å². The van der Waals surface area contributed by atoms with Crippen LogP contribution in [0.1, 0.15) is 26.4 Å². The van der Waals surface area contributed by atoms with Crippen molar-refractivity contribution in [2.45, 2.75) is 6.18 Å². The molecule has 0 saturated carbocycles. The van der Waals surface area contributed by atoms with Crippen molar-refractivity contribution in [1.29, 1.82) is 0 Å². The van der Waals surface area contributed by atoms with Gasteiger partial charge in [0.1, 0.15) is 0 Å². The predicted octanol–water partition coefficient (Wildman–Crippen LogP) is 5.26. The zero-order valence-corrected chi connectivity index (χ0v) is 16.5. The molecule has 0 aliphatic rings. The minimum atomic E-state index is -4.61. The molecule has 29 heavy (non-hydrogen) atoms. The summed E-state index contributed by atoms with van der Waals surface area (Å²) in [7, 11) is 0. The van der Waals surface area contributed by atoms with Gasteiger partial charge >= 0.3 is 12.1 Å². The summed E-state index contributed by atoms with van der Waals surface area (Å²) in [5, 5.41) is 15.7. The molecule has 11 heteroatoms. The number of nitrogens with one attached hydrogen (secondary N) is 1. The summed E-state index contributed by atoms with van der Waals surface area (Å²) in [6, 6.07) is 10.2. The maximum Gasteiger partial charge on any atom is 0.416 e. The highest BCUT2D eigenvalue weighted by atomic mass is 79.9. The number of alkyl halides is 3. The smallest absolute Gasteiger partial charge is 0.416 e. The second-order valence-corrected chi connectivity index (χ2v) is 6.91. The lowest BCUT2D eigenvalue weighted by Gasteiger charge is -2.12. The largest absolute Gasteiger partial charge is 0.476 e. The number of anilines is 1. The summed E-state index contributed by atoms with van der Waals surface area (Å²) in [5.74, 6) is -2.29. The first-order chi connectivity index (χ1) is 13.6. The molecule has 3 rings (SSSR count). The molecule has 1 aromatic heterocycles. The highest BCUT2D eigenvalue weighted by molar-refractivity contribution is 9.10. The van der Waals surface area contributed by atoms with E-state index in [0.717, 1.165) is 22.9 Å². The van der Waals surface area contributed by atoms with E-state index < -0.39 is 29.3 Å². The number of benzene rings is 2. The number of carbonyl (C=O) groups excluding carboxylic acids is 1. The minimum Gasteiger partial charge on any atom is -0.476 e. The lowest BCUT2D eigenvalue weighted by molar-refractivity contribution is -0.137. The van der Waals surface area contributed by atoms with Crippen LogP contribution in [-0.2, 0) is 6.18 Å². The second-order valence-electron chi connectivity index (χ2n) is 5.71. The predicted molar refractivity (Wildman–Crippen MR) is 103 cm³/mol. The lowest BCUT2D eigenvalue weighted by atomic mass is 10.2. The van der Waals surface area contributed by atoms with E-state index in [9.17, 15) is 27.9 Å². The molecule has 2 aromatic carbocycles. The number of carboxylic acid groups (broad SMARTS) is 1. The number of aromatic carboxylic acids is 1. The average Bonchev–Trinajstić information content (AvgIpc) is 2.98. The fraction of sp³-hybridized carbons (Fsp3) is 0.0556. The van der Waals surface area contributed by atoms with E-state index in [1.165, 1.54) is 18.2 Å². The summed E-state index contributed by atoms with van der Waals surface area (Å²) >= 11 is 9.04. The Kier molecular flexibility index (Phi) is 5.67. The summed E-state index contributed by atoms with van der Waals surface area (Å²) in [6.07, 6.45) is -4.61. The summed E-state index contributed by atoms with van der Waals surface area (Å²) < 4.78 is 40.0. The van der Waals surface area contributed by atoms with Gasteiger partial charge in [-0.3, -0.25) is 4.79 Å². The van der Waals surface area contributed by atoms with Gasteiger partial charge < -0.3 is 10.4 Å². The van der Waals surface area contributed by atoms with Crippen LogP contribution in [0.2, 0.25) is 5.02 Å². The van der Waals surface area contributed by atoms with Crippen molar-refractivity contribution < 1.29 is 27.9 Å². The number of halogens is 5. The molecule has 0 unspecified atom stereocenters. The normalized spacial score (nSPS) is 11.3. The molecule has 0 radical (unpaired) electrons. The third-order valence-electron chi connectivity index (χ3n) is 3.80. The molecule has 0 saturated heterocycles. The van der Waals surface area contributed by atoms with Gasteiger partial charge in [-0.25, -0.2) is 9.48 Å². The topological polar surface area (TPSA) is 84.2 Å². The SMILES string of the molecule is O=C(Nc1c(Br)c(C(=O)O)nn1-c1cccc(C(F)(F)F)c1)c1ccccc1Cl. The van der Waals surface area contributed by atoms with E-state index in [-0.39, 0.29) is 26.6 Å². The number of hydrogen-bond acceptors (Lipinski definition) is 3. The molecule has 0 bridgehead atoms. The zero-order chi connectivity index (χ0) is 21.3. The van der Waals surface area contributed by atoms with Crippen molar-refractivity contribution in [3.05, 3.63) is 74.8 Å². The van der Waals surface area contributed by atoms with Crippen LogP contribution in [0.15, 0.2) is 53.0 Å². The molecule has 0 aliphatic heterocycles. The number of rotatable bonds is 4. The van der Waals surface area contributed by atoms with Crippen molar-refractivity contribution in [3.63, 3.8) is 0 Å². The Morgan fingerprint density at radius 1 is 1.14 bits per heavy atom.